The van der Waals surface area contributed by atoms with E-state index in [4.69, 9.17) is 10.5 Å². The number of halogens is 1. The zero-order chi connectivity index (χ0) is 12.3. The molecule has 3 nitrogen and oxygen atoms in total. The number of nitrogens with two attached hydrogens (primary N) is 1. The van der Waals surface area contributed by atoms with Crippen molar-refractivity contribution in [1.82, 2.24) is 0 Å². The molecule has 2 N–H and O–H groups in total. The molecule has 0 aromatic carbocycles. The fourth-order valence-corrected chi connectivity index (χ4v) is 2.44. The number of carbonyl (C=O) groups excluding carboxylic acids is 1. The Kier molecular flexibility index (Phi) is 4.52. The number of carbonyl (C=O) groups is 1. The quantitative estimate of drug-likeness (QED) is 0.874. The molecule has 1 aromatic rings. The van der Waals surface area contributed by atoms with E-state index < -0.39 is 11.6 Å². The summed E-state index contributed by atoms with van der Waals surface area (Å²) in [5, 5.41) is 1.96. The molecular formula is C11H16BrNO2S. The minimum atomic E-state index is -0.606. The molecular weight excluding hydrogens is 290 g/mol. The van der Waals surface area contributed by atoms with Gasteiger partial charge in [-0.1, -0.05) is 0 Å². The van der Waals surface area contributed by atoms with Crippen LogP contribution >= 0.6 is 27.3 Å². The third-order valence-corrected chi connectivity index (χ3v) is 3.65. The summed E-state index contributed by atoms with van der Waals surface area (Å²) >= 11 is 5.00. The number of thiophene rings is 1. The number of hydrogen-bond acceptors (Lipinski definition) is 4. The molecule has 90 valence electrons. The van der Waals surface area contributed by atoms with Crippen molar-refractivity contribution in [3.05, 3.63) is 20.8 Å². The van der Waals surface area contributed by atoms with E-state index in [2.05, 4.69) is 15.9 Å². The van der Waals surface area contributed by atoms with Gasteiger partial charge >= 0.3 is 5.97 Å². The van der Waals surface area contributed by atoms with E-state index in [0.717, 1.165) is 9.35 Å². The van der Waals surface area contributed by atoms with Crippen molar-refractivity contribution in [2.45, 2.75) is 38.8 Å². The van der Waals surface area contributed by atoms with Gasteiger partial charge < -0.3 is 10.5 Å². The fraction of sp³-hybridized carbons (Fsp3) is 0.545. The summed E-state index contributed by atoms with van der Waals surface area (Å²) in [6.45, 7) is 5.49. The van der Waals surface area contributed by atoms with Gasteiger partial charge in [0.1, 0.15) is 11.6 Å². The van der Waals surface area contributed by atoms with Crippen LogP contribution in [0.15, 0.2) is 15.2 Å². The first-order chi connectivity index (χ1) is 7.29. The van der Waals surface area contributed by atoms with Crippen LogP contribution in [0.5, 0.6) is 0 Å². The standard InChI is InChI=1S/C11H16BrNO2S/c1-11(2,3)15-10(14)8(13)6-7-4-5-16-9(7)12/h4-5,8H,6,13H2,1-3H3. The van der Waals surface area contributed by atoms with Crippen molar-refractivity contribution in [2.75, 3.05) is 0 Å². The maximum atomic E-state index is 11.6. The summed E-state index contributed by atoms with van der Waals surface area (Å²) in [6.07, 6.45) is 0.499. The van der Waals surface area contributed by atoms with Gasteiger partial charge in [-0.15, -0.1) is 11.3 Å². The Labute approximate surface area is 108 Å². The molecule has 0 aliphatic rings. The van der Waals surface area contributed by atoms with E-state index in [1.54, 1.807) is 11.3 Å². The van der Waals surface area contributed by atoms with Crippen molar-refractivity contribution in [3.63, 3.8) is 0 Å². The summed E-state index contributed by atoms with van der Waals surface area (Å²) in [5.74, 6) is -0.356. The first-order valence-electron chi connectivity index (χ1n) is 5.00. The Morgan fingerprint density at radius 3 is 2.69 bits per heavy atom. The predicted molar refractivity (Wildman–Crippen MR) is 69.5 cm³/mol. The lowest BCUT2D eigenvalue weighted by Crippen LogP contribution is -2.38. The molecule has 0 amide bonds. The van der Waals surface area contributed by atoms with Gasteiger partial charge in [-0.3, -0.25) is 4.79 Å². The Morgan fingerprint density at radius 2 is 2.25 bits per heavy atom. The minimum absolute atomic E-state index is 0.356. The van der Waals surface area contributed by atoms with Gasteiger partial charge in [0.25, 0.3) is 0 Å². The van der Waals surface area contributed by atoms with Crippen LogP contribution in [0.1, 0.15) is 26.3 Å². The Morgan fingerprint density at radius 1 is 1.62 bits per heavy atom. The van der Waals surface area contributed by atoms with Gasteiger partial charge in [0.15, 0.2) is 0 Å². The van der Waals surface area contributed by atoms with Crippen LogP contribution in [0.4, 0.5) is 0 Å². The fourth-order valence-electron chi connectivity index (χ4n) is 1.16. The second kappa shape index (κ2) is 5.29. The minimum Gasteiger partial charge on any atom is -0.459 e. The van der Waals surface area contributed by atoms with Gasteiger partial charge in [0.05, 0.1) is 3.79 Å². The highest BCUT2D eigenvalue weighted by Gasteiger charge is 2.22. The largest absolute Gasteiger partial charge is 0.459 e. The normalized spacial score (nSPS) is 13.6. The second-order valence-corrected chi connectivity index (χ2v) is 6.80. The molecule has 0 saturated carbocycles. The lowest BCUT2D eigenvalue weighted by atomic mass is 10.1. The molecule has 16 heavy (non-hydrogen) atoms. The van der Waals surface area contributed by atoms with Gasteiger partial charge in [-0.25, -0.2) is 0 Å². The van der Waals surface area contributed by atoms with Crippen molar-refractivity contribution < 1.29 is 9.53 Å². The third-order valence-electron chi connectivity index (χ3n) is 1.84. The molecule has 0 bridgehead atoms. The van der Waals surface area contributed by atoms with Crippen molar-refractivity contribution >= 4 is 33.2 Å². The van der Waals surface area contributed by atoms with Crippen LogP contribution in [0.3, 0.4) is 0 Å². The van der Waals surface area contributed by atoms with Crippen molar-refractivity contribution in [3.8, 4) is 0 Å². The summed E-state index contributed by atoms with van der Waals surface area (Å²) < 4.78 is 6.23. The first-order valence-corrected chi connectivity index (χ1v) is 6.67. The molecule has 1 rings (SSSR count). The highest BCUT2D eigenvalue weighted by Crippen LogP contribution is 2.24. The van der Waals surface area contributed by atoms with Crippen LogP contribution in [0, 0.1) is 0 Å². The monoisotopic (exact) mass is 305 g/mol. The molecule has 0 aliphatic carbocycles. The van der Waals surface area contributed by atoms with Gasteiger partial charge in [0.2, 0.25) is 0 Å². The summed E-state index contributed by atoms with van der Waals surface area (Å²) in [7, 11) is 0. The van der Waals surface area contributed by atoms with E-state index >= 15 is 0 Å². The van der Waals surface area contributed by atoms with E-state index in [1.807, 2.05) is 32.2 Å². The maximum Gasteiger partial charge on any atom is 0.323 e. The average Bonchev–Trinajstić information content (AvgIpc) is 2.49. The van der Waals surface area contributed by atoms with E-state index in [0.29, 0.717) is 6.42 Å². The van der Waals surface area contributed by atoms with Crippen LogP contribution in [-0.4, -0.2) is 17.6 Å². The van der Waals surface area contributed by atoms with Crippen LogP contribution in [-0.2, 0) is 16.0 Å². The summed E-state index contributed by atoms with van der Waals surface area (Å²) in [6, 6.07) is 1.35. The molecule has 0 saturated heterocycles. The van der Waals surface area contributed by atoms with E-state index in [1.165, 1.54) is 0 Å². The number of hydrogen-bond donors (Lipinski definition) is 1. The first kappa shape index (κ1) is 13.7. The highest BCUT2D eigenvalue weighted by atomic mass is 79.9. The Bertz CT molecular complexity index is 370. The molecule has 0 fully saturated rings. The lowest BCUT2D eigenvalue weighted by molar-refractivity contribution is -0.156. The molecule has 0 spiro atoms. The molecule has 5 heteroatoms. The Hall–Kier alpha value is -0.390. The van der Waals surface area contributed by atoms with E-state index in [-0.39, 0.29) is 5.97 Å². The summed E-state index contributed by atoms with van der Waals surface area (Å²) in [4.78, 5) is 11.6. The van der Waals surface area contributed by atoms with Crippen LogP contribution < -0.4 is 5.73 Å². The molecule has 1 atom stereocenters. The topological polar surface area (TPSA) is 52.3 Å². The summed E-state index contributed by atoms with van der Waals surface area (Å²) in [5.41, 5.74) is 6.35. The lowest BCUT2D eigenvalue weighted by Gasteiger charge is -2.22. The predicted octanol–water partition coefficient (Wildman–Crippen LogP) is 2.72. The average molecular weight is 306 g/mol. The second-order valence-electron chi connectivity index (χ2n) is 4.56. The smallest absolute Gasteiger partial charge is 0.323 e. The van der Waals surface area contributed by atoms with Crippen molar-refractivity contribution in [1.29, 1.82) is 0 Å². The zero-order valence-electron chi connectivity index (χ0n) is 9.62. The van der Waals surface area contributed by atoms with Gasteiger partial charge in [0, 0.05) is 6.42 Å². The highest BCUT2D eigenvalue weighted by molar-refractivity contribution is 9.11. The van der Waals surface area contributed by atoms with E-state index in [9.17, 15) is 4.79 Å². The van der Waals surface area contributed by atoms with Crippen molar-refractivity contribution in [2.24, 2.45) is 5.73 Å². The zero-order valence-corrected chi connectivity index (χ0v) is 12.0. The maximum absolute atomic E-state index is 11.6. The Balaban J connectivity index is 2.56. The number of rotatable bonds is 3. The molecule has 0 aliphatic heterocycles. The molecule has 1 aromatic heterocycles. The van der Waals surface area contributed by atoms with Gasteiger partial charge in [-0.05, 0) is 53.7 Å². The SMILES string of the molecule is CC(C)(C)OC(=O)C(N)Cc1ccsc1Br. The third kappa shape index (κ3) is 4.23. The van der Waals surface area contributed by atoms with Crippen LogP contribution in [0.25, 0.3) is 0 Å². The number of esters is 1. The van der Waals surface area contributed by atoms with Crippen LogP contribution in [0.2, 0.25) is 0 Å². The molecule has 0 radical (unpaired) electrons. The molecule has 1 heterocycles. The number of ether oxygens (including phenoxy) is 1. The molecule has 1 unspecified atom stereocenters. The van der Waals surface area contributed by atoms with Gasteiger partial charge in [-0.2, -0.15) is 0 Å².